The number of carbonyl (C=O) groups is 1. The van der Waals surface area contributed by atoms with Crippen molar-refractivity contribution in [2.24, 2.45) is 7.05 Å². The first kappa shape index (κ1) is 28.5. The number of aromatic amines is 1. The Morgan fingerprint density at radius 3 is 2.60 bits per heavy atom. The Bertz CT molecular complexity index is 2090. The van der Waals surface area contributed by atoms with Crippen LogP contribution in [0.4, 0.5) is 0 Å². The van der Waals surface area contributed by atoms with Gasteiger partial charge < -0.3 is 24.5 Å². The number of rotatable bonds is 8. The second-order valence-corrected chi connectivity index (χ2v) is 13.7. The zero-order valence-corrected chi connectivity index (χ0v) is 27.1. The largest absolute Gasteiger partial charge is 0.494 e. The lowest BCUT2D eigenvalue weighted by atomic mass is 9.85. The molecule has 8 rings (SSSR count). The lowest BCUT2D eigenvalue weighted by molar-refractivity contribution is 0.104. The van der Waals surface area contributed by atoms with Crippen molar-refractivity contribution in [2.45, 2.75) is 46.1 Å². The summed E-state index contributed by atoms with van der Waals surface area (Å²) >= 11 is 1.51. The van der Waals surface area contributed by atoms with Gasteiger partial charge in [-0.05, 0) is 86.5 Å². The molecule has 0 bridgehead atoms. The monoisotopic (exact) mass is 620 g/mol. The number of unbranched alkanes of at least 4 members (excludes halogenated alkanes) is 1. The van der Waals surface area contributed by atoms with Crippen LogP contribution in [-0.4, -0.2) is 79.3 Å². The third-order valence-corrected chi connectivity index (χ3v) is 11.2. The number of thiophene rings is 1. The van der Waals surface area contributed by atoms with Gasteiger partial charge in [0.15, 0.2) is 5.88 Å². The molecule has 1 aliphatic carbocycles. The molecule has 45 heavy (non-hydrogen) atoms. The summed E-state index contributed by atoms with van der Waals surface area (Å²) in [6, 6.07) is 8.26. The number of aromatic hydroxyl groups is 1. The Kier molecular flexibility index (Phi) is 7.08. The number of hydrogen-bond acceptors (Lipinski definition) is 6. The van der Waals surface area contributed by atoms with Crippen molar-refractivity contribution < 1.29 is 9.90 Å². The van der Waals surface area contributed by atoms with Gasteiger partial charge in [-0.15, -0.1) is 11.3 Å². The first-order chi connectivity index (χ1) is 21.9. The van der Waals surface area contributed by atoms with E-state index in [1.807, 2.05) is 42.4 Å². The van der Waals surface area contributed by atoms with E-state index in [-0.39, 0.29) is 11.7 Å². The molecular formula is C36H40N6O2S. The molecule has 4 aromatic heterocycles. The van der Waals surface area contributed by atoms with Crippen LogP contribution in [0.15, 0.2) is 42.0 Å². The van der Waals surface area contributed by atoms with E-state index < -0.39 is 0 Å². The van der Waals surface area contributed by atoms with E-state index in [0.717, 1.165) is 126 Å². The molecule has 2 aromatic carbocycles. The van der Waals surface area contributed by atoms with Crippen molar-refractivity contribution >= 4 is 49.7 Å². The Morgan fingerprint density at radius 2 is 1.82 bits per heavy atom. The fraction of sp³-hybridized carbons (Fsp3) is 0.389. The number of nitrogens with zero attached hydrogens (tertiary/aromatic N) is 5. The summed E-state index contributed by atoms with van der Waals surface area (Å²) in [6.45, 7) is 12.1. The number of aromatic nitrogens is 4. The van der Waals surface area contributed by atoms with Crippen LogP contribution in [0.25, 0.3) is 43.7 Å². The molecule has 0 atom stereocenters. The van der Waals surface area contributed by atoms with Gasteiger partial charge in [0.2, 0.25) is 5.78 Å². The second-order valence-electron chi connectivity index (χ2n) is 12.8. The molecule has 6 aromatic rings. The van der Waals surface area contributed by atoms with Gasteiger partial charge in [-0.1, -0.05) is 6.92 Å². The minimum Gasteiger partial charge on any atom is -0.494 e. The van der Waals surface area contributed by atoms with Gasteiger partial charge >= 0.3 is 0 Å². The van der Waals surface area contributed by atoms with Crippen LogP contribution in [0.1, 0.15) is 51.8 Å². The number of carbonyl (C=O) groups excluding carboxylic acids is 1. The summed E-state index contributed by atoms with van der Waals surface area (Å²) in [5, 5.41) is 22.0. The maximum absolute atomic E-state index is 13.7. The highest BCUT2D eigenvalue weighted by atomic mass is 32.1. The van der Waals surface area contributed by atoms with Gasteiger partial charge in [0.25, 0.3) is 0 Å². The lowest BCUT2D eigenvalue weighted by Crippen LogP contribution is -2.46. The van der Waals surface area contributed by atoms with E-state index in [0.29, 0.717) is 5.56 Å². The summed E-state index contributed by atoms with van der Waals surface area (Å²) in [4.78, 5) is 22.8. The fourth-order valence-electron chi connectivity index (χ4n) is 7.83. The van der Waals surface area contributed by atoms with E-state index >= 15 is 0 Å². The van der Waals surface area contributed by atoms with Crippen molar-refractivity contribution in [3.8, 4) is 17.0 Å². The molecule has 1 fully saturated rings. The summed E-state index contributed by atoms with van der Waals surface area (Å²) in [5.74, 6) is 0.255. The third-order valence-electron chi connectivity index (χ3n) is 10.2. The van der Waals surface area contributed by atoms with Crippen LogP contribution >= 0.6 is 11.3 Å². The first-order valence-electron chi connectivity index (χ1n) is 16.3. The van der Waals surface area contributed by atoms with Crippen LogP contribution in [-0.2, 0) is 26.4 Å². The molecule has 0 radical (unpaired) electrons. The first-order valence-corrected chi connectivity index (χ1v) is 17.2. The van der Waals surface area contributed by atoms with Crippen LogP contribution in [0.3, 0.4) is 0 Å². The highest BCUT2D eigenvalue weighted by Gasteiger charge is 2.30. The Labute approximate surface area is 266 Å². The van der Waals surface area contributed by atoms with E-state index in [2.05, 4.69) is 44.6 Å². The number of fused-ring (bicyclic) bond motifs is 10. The van der Waals surface area contributed by atoms with E-state index in [9.17, 15) is 9.90 Å². The van der Waals surface area contributed by atoms with E-state index in [1.54, 1.807) is 0 Å². The molecule has 1 saturated heterocycles. The van der Waals surface area contributed by atoms with Gasteiger partial charge in [0.05, 0.1) is 21.5 Å². The normalized spacial score (nSPS) is 15.8. The van der Waals surface area contributed by atoms with Crippen LogP contribution < -0.4 is 0 Å². The van der Waals surface area contributed by atoms with Crippen molar-refractivity contribution in [3.05, 3.63) is 69.3 Å². The van der Waals surface area contributed by atoms with Crippen molar-refractivity contribution in [1.82, 2.24) is 29.1 Å². The highest BCUT2D eigenvalue weighted by Crippen LogP contribution is 2.49. The zero-order chi connectivity index (χ0) is 30.8. The van der Waals surface area contributed by atoms with Crippen LogP contribution in [0.2, 0.25) is 0 Å². The van der Waals surface area contributed by atoms with Crippen molar-refractivity contribution in [1.29, 1.82) is 0 Å². The maximum atomic E-state index is 13.7. The summed E-state index contributed by atoms with van der Waals surface area (Å²) in [5.41, 5.74) is 8.64. The molecule has 8 nitrogen and oxygen atoms in total. The number of benzene rings is 2. The summed E-state index contributed by atoms with van der Waals surface area (Å²) < 4.78 is 4.40. The Balaban J connectivity index is 1.27. The number of piperazine rings is 1. The average molecular weight is 621 g/mol. The quantitative estimate of drug-likeness (QED) is 0.150. The number of H-pyrrole nitrogens is 1. The molecule has 2 N–H and O–H groups in total. The lowest BCUT2D eigenvalue weighted by Gasteiger charge is -2.34. The number of likely N-dealkylation sites (N-methyl/N-ethyl adjacent to an activating group) is 1. The predicted molar refractivity (Wildman–Crippen MR) is 183 cm³/mol. The van der Waals surface area contributed by atoms with Gasteiger partial charge in [0, 0.05) is 90.5 Å². The SMILES string of the molecule is CCN1CCN(CCCCn2c3ccc(C(=O)c4sccc4C)cc3c3c4c[nH]c(O)c4c4c(c32)CCc2nn(C)cc2-4)CC1. The molecule has 2 aliphatic rings. The number of ketones is 1. The van der Waals surface area contributed by atoms with Crippen molar-refractivity contribution in [2.75, 3.05) is 39.3 Å². The molecule has 0 unspecified atom stereocenters. The third kappa shape index (κ3) is 4.63. The molecular weight excluding hydrogens is 581 g/mol. The summed E-state index contributed by atoms with van der Waals surface area (Å²) in [7, 11) is 1.97. The van der Waals surface area contributed by atoms with Gasteiger partial charge in [-0.2, -0.15) is 5.10 Å². The van der Waals surface area contributed by atoms with Gasteiger partial charge in [0.1, 0.15) is 0 Å². The fourth-order valence-corrected chi connectivity index (χ4v) is 8.72. The molecule has 0 saturated carbocycles. The predicted octanol–water partition coefficient (Wildman–Crippen LogP) is 6.50. The topological polar surface area (TPSA) is 82.3 Å². The van der Waals surface area contributed by atoms with Gasteiger partial charge in [-0.25, -0.2) is 0 Å². The molecule has 1 aliphatic heterocycles. The number of aryl methyl sites for hydroxylation is 5. The van der Waals surface area contributed by atoms with Gasteiger partial charge in [-0.3, -0.25) is 9.48 Å². The molecule has 232 valence electrons. The van der Waals surface area contributed by atoms with Crippen molar-refractivity contribution in [3.63, 3.8) is 0 Å². The minimum absolute atomic E-state index is 0.0691. The van der Waals surface area contributed by atoms with Crippen LogP contribution in [0.5, 0.6) is 5.88 Å². The minimum atomic E-state index is 0.0691. The Hall–Kier alpha value is -3.92. The highest BCUT2D eigenvalue weighted by molar-refractivity contribution is 7.12. The average Bonchev–Trinajstić information content (AvgIpc) is 3.83. The molecule has 0 amide bonds. The smallest absolute Gasteiger partial charge is 0.203 e. The number of hydrogen-bond donors (Lipinski definition) is 2. The number of nitrogens with one attached hydrogen (secondary N) is 1. The Morgan fingerprint density at radius 1 is 1.02 bits per heavy atom. The maximum Gasteiger partial charge on any atom is 0.203 e. The summed E-state index contributed by atoms with van der Waals surface area (Å²) in [6.07, 6.45) is 7.97. The molecule has 0 spiro atoms. The van der Waals surface area contributed by atoms with E-state index in [4.69, 9.17) is 5.10 Å². The standard InChI is InChI=1S/C36H40N6O2S/c1-4-40-14-16-41(17-15-40)12-5-6-13-42-29-10-7-23(34(43)35-22(2)11-18-45-35)19-25(29)31-26-20-37-36(44)32(26)30-24(33(31)42)8-9-28-27(30)21-39(3)38-28/h7,10-11,18-21,37,44H,4-6,8-9,12-17H2,1-3H3. The molecule has 9 heteroatoms. The van der Waals surface area contributed by atoms with Crippen LogP contribution in [0, 0.1) is 6.92 Å². The molecule has 5 heterocycles. The zero-order valence-electron chi connectivity index (χ0n) is 26.3. The van der Waals surface area contributed by atoms with E-state index in [1.165, 1.54) is 22.4 Å². The second kappa shape index (κ2) is 11.2.